The minimum atomic E-state index is -0.484. The van der Waals surface area contributed by atoms with Crippen molar-refractivity contribution in [1.82, 2.24) is 20.2 Å². The van der Waals surface area contributed by atoms with Crippen molar-refractivity contribution in [3.05, 3.63) is 35.9 Å². The van der Waals surface area contributed by atoms with Gasteiger partial charge >= 0.3 is 0 Å². The van der Waals surface area contributed by atoms with Crippen LogP contribution in [0.1, 0.15) is 17.7 Å². The Hall–Kier alpha value is -1.89. The van der Waals surface area contributed by atoms with Gasteiger partial charge in [-0.2, -0.15) is 0 Å². The van der Waals surface area contributed by atoms with Crippen LogP contribution in [-0.4, -0.2) is 26.1 Å². The van der Waals surface area contributed by atoms with Gasteiger partial charge in [0.1, 0.15) is 5.25 Å². The molecular formula is C11H13N5OS. The van der Waals surface area contributed by atoms with Crippen molar-refractivity contribution in [2.45, 2.75) is 23.9 Å². The quantitative estimate of drug-likeness (QED) is 0.813. The van der Waals surface area contributed by atoms with E-state index in [9.17, 15) is 4.79 Å². The van der Waals surface area contributed by atoms with Gasteiger partial charge in [-0.1, -0.05) is 42.1 Å². The number of nitrogens with two attached hydrogens (primary N) is 1. The normalized spacial score (nSPS) is 12.3. The Morgan fingerprint density at radius 1 is 1.44 bits per heavy atom. The number of amides is 1. The van der Waals surface area contributed by atoms with E-state index in [1.165, 1.54) is 11.8 Å². The Bertz CT molecular complexity index is 527. The zero-order valence-electron chi connectivity index (χ0n) is 9.85. The summed E-state index contributed by atoms with van der Waals surface area (Å²) < 4.78 is 1.63. The lowest BCUT2D eigenvalue weighted by Gasteiger charge is -2.12. The lowest BCUT2D eigenvalue weighted by atomic mass is 10.1. The number of thioether (sulfide) groups is 1. The van der Waals surface area contributed by atoms with Gasteiger partial charge in [0.2, 0.25) is 11.1 Å². The summed E-state index contributed by atoms with van der Waals surface area (Å²) in [6, 6.07) is 9.36. The predicted molar refractivity (Wildman–Crippen MR) is 67.7 cm³/mol. The monoisotopic (exact) mass is 263 g/mol. The van der Waals surface area contributed by atoms with Crippen LogP contribution >= 0.6 is 11.8 Å². The first-order chi connectivity index (χ1) is 8.72. The van der Waals surface area contributed by atoms with Crippen LogP contribution in [0.4, 0.5) is 0 Å². The van der Waals surface area contributed by atoms with Gasteiger partial charge in [-0.15, -0.1) is 5.10 Å². The Labute approximate surface area is 109 Å². The van der Waals surface area contributed by atoms with Gasteiger partial charge in [-0.3, -0.25) is 4.79 Å². The summed E-state index contributed by atoms with van der Waals surface area (Å²) >= 11 is 1.26. The SMILES string of the molecule is CCn1nnnc1SC(C(N)=O)c1ccccc1. The van der Waals surface area contributed by atoms with Crippen LogP contribution in [0.25, 0.3) is 0 Å². The van der Waals surface area contributed by atoms with Crippen LogP contribution in [0.5, 0.6) is 0 Å². The highest BCUT2D eigenvalue weighted by Gasteiger charge is 2.22. The molecule has 0 bridgehead atoms. The third-order valence-corrected chi connectivity index (χ3v) is 3.63. The first-order valence-electron chi connectivity index (χ1n) is 5.49. The van der Waals surface area contributed by atoms with E-state index < -0.39 is 11.2 Å². The molecule has 1 amide bonds. The highest BCUT2D eigenvalue weighted by atomic mass is 32.2. The molecular weight excluding hydrogens is 250 g/mol. The van der Waals surface area contributed by atoms with Crippen LogP contribution in [0, 0.1) is 0 Å². The van der Waals surface area contributed by atoms with E-state index in [1.54, 1.807) is 4.68 Å². The minimum Gasteiger partial charge on any atom is -0.368 e. The Kier molecular flexibility index (Phi) is 3.93. The molecule has 0 saturated carbocycles. The molecule has 0 saturated heterocycles. The molecule has 0 spiro atoms. The minimum absolute atomic E-state index is 0.406. The molecule has 0 fully saturated rings. The predicted octanol–water partition coefficient (Wildman–Crippen LogP) is 1.01. The van der Waals surface area contributed by atoms with Crippen LogP contribution in [0.15, 0.2) is 35.5 Å². The number of carbonyl (C=O) groups is 1. The summed E-state index contributed by atoms with van der Waals surface area (Å²) in [6.45, 7) is 2.58. The molecule has 1 atom stereocenters. The van der Waals surface area contributed by atoms with Gasteiger partial charge in [0.05, 0.1) is 0 Å². The van der Waals surface area contributed by atoms with Crippen molar-refractivity contribution in [2.75, 3.05) is 0 Å². The van der Waals surface area contributed by atoms with E-state index in [4.69, 9.17) is 5.73 Å². The number of carbonyl (C=O) groups excluding carboxylic acids is 1. The van der Waals surface area contributed by atoms with Crippen LogP contribution in [-0.2, 0) is 11.3 Å². The number of hydrogen-bond donors (Lipinski definition) is 1. The molecule has 1 aromatic carbocycles. The molecule has 18 heavy (non-hydrogen) atoms. The fraction of sp³-hybridized carbons (Fsp3) is 0.273. The topological polar surface area (TPSA) is 86.7 Å². The number of benzene rings is 1. The average Bonchev–Trinajstić information content (AvgIpc) is 2.83. The molecule has 2 N–H and O–H groups in total. The number of primary amides is 1. The Balaban J connectivity index is 2.25. The summed E-state index contributed by atoms with van der Waals surface area (Å²) in [6.07, 6.45) is 0. The van der Waals surface area contributed by atoms with Crippen LogP contribution in [0.3, 0.4) is 0 Å². The molecule has 0 radical (unpaired) electrons. The smallest absolute Gasteiger partial charge is 0.235 e. The van der Waals surface area contributed by atoms with Crippen LogP contribution < -0.4 is 5.73 Å². The van der Waals surface area contributed by atoms with Gasteiger partial charge < -0.3 is 5.73 Å². The summed E-state index contributed by atoms with van der Waals surface area (Å²) in [5.41, 5.74) is 6.29. The van der Waals surface area contributed by atoms with Crippen molar-refractivity contribution >= 4 is 17.7 Å². The molecule has 7 heteroatoms. The van der Waals surface area contributed by atoms with E-state index >= 15 is 0 Å². The molecule has 2 rings (SSSR count). The summed E-state index contributed by atoms with van der Waals surface area (Å²) in [5.74, 6) is -0.406. The molecule has 1 heterocycles. The molecule has 6 nitrogen and oxygen atoms in total. The molecule has 0 aliphatic carbocycles. The van der Waals surface area contributed by atoms with E-state index in [2.05, 4.69) is 15.5 Å². The van der Waals surface area contributed by atoms with Crippen molar-refractivity contribution in [3.63, 3.8) is 0 Å². The van der Waals surface area contributed by atoms with Gasteiger partial charge in [-0.25, -0.2) is 4.68 Å². The molecule has 1 aromatic heterocycles. The van der Waals surface area contributed by atoms with E-state index in [0.29, 0.717) is 11.7 Å². The maximum absolute atomic E-state index is 11.5. The maximum atomic E-state index is 11.5. The zero-order valence-corrected chi connectivity index (χ0v) is 10.7. The van der Waals surface area contributed by atoms with Gasteiger partial charge in [-0.05, 0) is 22.9 Å². The lowest BCUT2D eigenvalue weighted by molar-refractivity contribution is -0.117. The first kappa shape index (κ1) is 12.6. The number of nitrogens with zero attached hydrogens (tertiary/aromatic N) is 4. The second kappa shape index (κ2) is 5.63. The molecule has 2 aromatic rings. The van der Waals surface area contributed by atoms with Crippen molar-refractivity contribution in [1.29, 1.82) is 0 Å². The Morgan fingerprint density at radius 2 is 2.17 bits per heavy atom. The third-order valence-electron chi connectivity index (χ3n) is 2.38. The zero-order chi connectivity index (χ0) is 13.0. The largest absolute Gasteiger partial charge is 0.368 e. The standard InChI is InChI=1S/C11H13N5OS/c1-2-16-11(13-14-15-16)18-9(10(12)17)8-6-4-3-5-7-8/h3-7,9H,2H2,1H3,(H2,12,17). The van der Waals surface area contributed by atoms with Gasteiger partial charge in [0.15, 0.2) is 0 Å². The van der Waals surface area contributed by atoms with Crippen molar-refractivity contribution < 1.29 is 4.79 Å². The van der Waals surface area contributed by atoms with E-state index in [1.807, 2.05) is 37.3 Å². The highest BCUT2D eigenvalue weighted by Crippen LogP contribution is 2.33. The first-order valence-corrected chi connectivity index (χ1v) is 6.37. The number of aryl methyl sites for hydroxylation is 1. The highest BCUT2D eigenvalue weighted by molar-refractivity contribution is 8.00. The van der Waals surface area contributed by atoms with Crippen molar-refractivity contribution in [3.8, 4) is 0 Å². The fourth-order valence-electron chi connectivity index (χ4n) is 1.50. The van der Waals surface area contributed by atoms with Gasteiger partial charge in [0, 0.05) is 6.54 Å². The van der Waals surface area contributed by atoms with Crippen LogP contribution in [0.2, 0.25) is 0 Å². The number of aromatic nitrogens is 4. The second-order valence-corrected chi connectivity index (χ2v) is 4.66. The average molecular weight is 263 g/mol. The number of rotatable bonds is 5. The third kappa shape index (κ3) is 2.67. The summed E-state index contributed by atoms with van der Waals surface area (Å²) in [4.78, 5) is 11.5. The number of hydrogen-bond acceptors (Lipinski definition) is 5. The summed E-state index contributed by atoms with van der Waals surface area (Å²) in [7, 11) is 0. The van der Waals surface area contributed by atoms with E-state index in [0.717, 1.165) is 5.56 Å². The number of tetrazole rings is 1. The lowest BCUT2D eigenvalue weighted by Crippen LogP contribution is -2.19. The maximum Gasteiger partial charge on any atom is 0.235 e. The summed E-state index contributed by atoms with van der Waals surface area (Å²) in [5, 5.41) is 11.4. The van der Waals surface area contributed by atoms with Gasteiger partial charge in [0.25, 0.3) is 0 Å². The Morgan fingerprint density at radius 3 is 2.78 bits per heavy atom. The molecule has 1 unspecified atom stereocenters. The second-order valence-electron chi connectivity index (χ2n) is 3.59. The van der Waals surface area contributed by atoms with E-state index in [-0.39, 0.29) is 0 Å². The molecule has 0 aliphatic rings. The molecule has 94 valence electrons. The molecule has 0 aliphatic heterocycles. The van der Waals surface area contributed by atoms with Crippen molar-refractivity contribution in [2.24, 2.45) is 5.73 Å². The fourth-order valence-corrected chi connectivity index (χ4v) is 2.49.